The molecule has 0 spiro atoms. The van der Waals surface area contributed by atoms with E-state index in [2.05, 4.69) is 4.98 Å². The molecule has 2 amide bonds. The molecular weight excluding hydrogens is 484 g/mol. The van der Waals surface area contributed by atoms with E-state index in [-0.39, 0.29) is 36.4 Å². The number of fused-ring (bicyclic) bond motifs is 1. The summed E-state index contributed by atoms with van der Waals surface area (Å²) in [6.07, 6.45) is 3.11. The molecule has 1 aromatic heterocycles. The lowest BCUT2D eigenvalue weighted by molar-refractivity contribution is -0.384. The minimum absolute atomic E-state index is 0.0576. The number of allylic oxidation sites excluding steroid dienone is 1. The molecule has 9 nitrogen and oxygen atoms in total. The Balaban J connectivity index is 1.21. The number of rotatable bonds is 6. The Hall–Kier alpha value is -5.18. The summed E-state index contributed by atoms with van der Waals surface area (Å²) in [7, 11) is 0. The number of amides is 2. The van der Waals surface area contributed by atoms with Crippen LogP contribution in [0.5, 0.6) is 0 Å². The van der Waals surface area contributed by atoms with Crippen molar-refractivity contribution in [3.05, 3.63) is 118 Å². The van der Waals surface area contributed by atoms with Gasteiger partial charge < -0.3 is 9.80 Å². The SMILES string of the molecule is O=C(/C=C/c1ccc2ccccc2n1)c1ccc(C(=O)N2CCN(c3ccc([N+](=O)[O-])cc3)C(=O)C2)cc1. The average molecular weight is 507 g/mol. The number of carbonyl (C=O) groups excluding carboxylic acids is 3. The highest BCUT2D eigenvalue weighted by Crippen LogP contribution is 2.22. The molecule has 1 aliphatic heterocycles. The molecule has 38 heavy (non-hydrogen) atoms. The molecule has 0 N–H and O–H groups in total. The Morgan fingerprint density at radius 1 is 0.868 bits per heavy atom. The summed E-state index contributed by atoms with van der Waals surface area (Å²) in [4.78, 5) is 56.2. The minimum atomic E-state index is -0.501. The minimum Gasteiger partial charge on any atom is -0.328 e. The van der Waals surface area contributed by atoms with Crippen molar-refractivity contribution in [1.29, 1.82) is 0 Å². The first-order valence-corrected chi connectivity index (χ1v) is 11.9. The lowest BCUT2D eigenvalue weighted by Crippen LogP contribution is -2.52. The Bertz CT molecular complexity index is 1580. The predicted molar refractivity (Wildman–Crippen MR) is 143 cm³/mol. The van der Waals surface area contributed by atoms with Gasteiger partial charge in [-0.15, -0.1) is 0 Å². The molecule has 2 heterocycles. The van der Waals surface area contributed by atoms with Crippen molar-refractivity contribution in [3.63, 3.8) is 0 Å². The number of para-hydroxylation sites is 1. The lowest BCUT2D eigenvalue weighted by Gasteiger charge is -2.34. The van der Waals surface area contributed by atoms with Crippen LogP contribution in [-0.4, -0.2) is 52.0 Å². The zero-order valence-corrected chi connectivity index (χ0v) is 20.2. The van der Waals surface area contributed by atoms with Gasteiger partial charge in [0.2, 0.25) is 5.91 Å². The summed E-state index contributed by atoms with van der Waals surface area (Å²) in [5.74, 6) is -0.805. The van der Waals surface area contributed by atoms with Gasteiger partial charge in [0.1, 0.15) is 6.54 Å². The monoisotopic (exact) mass is 506 g/mol. The summed E-state index contributed by atoms with van der Waals surface area (Å²) >= 11 is 0. The molecule has 0 atom stereocenters. The number of pyridine rings is 1. The quantitative estimate of drug-likeness (QED) is 0.164. The number of nitro benzene ring substituents is 1. The molecule has 0 unspecified atom stereocenters. The van der Waals surface area contributed by atoms with Crippen LogP contribution < -0.4 is 4.90 Å². The highest BCUT2D eigenvalue weighted by Gasteiger charge is 2.29. The third kappa shape index (κ3) is 5.17. The number of nitrogens with zero attached hydrogens (tertiary/aromatic N) is 4. The van der Waals surface area contributed by atoms with Crippen molar-refractivity contribution in [2.75, 3.05) is 24.5 Å². The van der Waals surface area contributed by atoms with Crippen LogP contribution in [0.3, 0.4) is 0 Å². The van der Waals surface area contributed by atoms with E-state index >= 15 is 0 Å². The molecule has 9 heteroatoms. The summed E-state index contributed by atoms with van der Waals surface area (Å²) in [6.45, 7) is 0.467. The Morgan fingerprint density at radius 3 is 2.29 bits per heavy atom. The maximum atomic E-state index is 13.0. The second-order valence-corrected chi connectivity index (χ2v) is 8.75. The summed E-state index contributed by atoms with van der Waals surface area (Å²) in [5.41, 5.74) is 2.80. The van der Waals surface area contributed by atoms with E-state index in [0.717, 1.165) is 10.9 Å². The van der Waals surface area contributed by atoms with Crippen LogP contribution in [0.1, 0.15) is 26.4 Å². The number of hydrogen-bond acceptors (Lipinski definition) is 6. The molecule has 4 aromatic rings. The van der Waals surface area contributed by atoms with Crippen molar-refractivity contribution < 1.29 is 19.3 Å². The van der Waals surface area contributed by atoms with Gasteiger partial charge in [-0.2, -0.15) is 0 Å². The van der Waals surface area contributed by atoms with Gasteiger partial charge in [-0.3, -0.25) is 24.5 Å². The highest BCUT2D eigenvalue weighted by atomic mass is 16.6. The molecule has 1 saturated heterocycles. The third-order valence-electron chi connectivity index (χ3n) is 6.32. The second-order valence-electron chi connectivity index (χ2n) is 8.75. The van der Waals surface area contributed by atoms with Gasteiger partial charge in [-0.05, 0) is 48.6 Å². The first-order valence-electron chi connectivity index (χ1n) is 11.9. The molecule has 1 fully saturated rings. The smallest absolute Gasteiger partial charge is 0.269 e. The third-order valence-corrected chi connectivity index (χ3v) is 6.32. The molecule has 0 radical (unpaired) electrons. The number of anilines is 1. The number of benzene rings is 3. The fourth-order valence-corrected chi connectivity index (χ4v) is 4.27. The number of non-ortho nitro benzene ring substituents is 1. The van der Waals surface area contributed by atoms with Gasteiger partial charge >= 0.3 is 0 Å². The molecule has 0 bridgehead atoms. The standard InChI is InChI=1S/C29H22N4O5/c34-27(16-11-23-10-9-20-3-1-2-4-26(20)30-23)21-5-7-22(8-6-21)29(36)31-17-18-32(28(35)19-31)24-12-14-25(15-13-24)33(37)38/h1-16H,17-19H2/b16-11+. The Kier molecular flexibility index (Phi) is 6.73. The van der Waals surface area contributed by atoms with Gasteiger partial charge in [-0.1, -0.05) is 36.4 Å². The molecule has 0 saturated carbocycles. The summed E-state index contributed by atoms with van der Waals surface area (Å²) in [6, 6.07) is 23.6. The molecule has 0 aliphatic carbocycles. The second kappa shape index (κ2) is 10.4. The zero-order valence-electron chi connectivity index (χ0n) is 20.2. The lowest BCUT2D eigenvalue weighted by atomic mass is 10.1. The fraction of sp³-hybridized carbons (Fsp3) is 0.103. The van der Waals surface area contributed by atoms with E-state index < -0.39 is 4.92 Å². The number of carbonyl (C=O) groups is 3. The van der Waals surface area contributed by atoms with Crippen LogP contribution in [0, 0.1) is 10.1 Å². The molecule has 188 valence electrons. The van der Waals surface area contributed by atoms with Gasteiger partial charge in [0.15, 0.2) is 5.78 Å². The van der Waals surface area contributed by atoms with Gasteiger partial charge in [0.25, 0.3) is 11.6 Å². The highest BCUT2D eigenvalue weighted by molar-refractivity contribution is 6.07. The number of piperazine rings is 1. The van der Waals surface area contributed by atoms with Crippen LogP contribution in [0.25, 0.3) is 17.0 Å². The molecular formula is C29H22N4O5. The zero-order chi connectivity index (χ0) is 26.6. The number of nitro groups is 1. The summed E-state index contributed by atoms with van der Waals surface area (Å²) in [5, 5.41) is 11.9. The fourth-order valence-electron chi connectivity index (χ4n) is 4.27. The van der Waals surface area contributed by atoms with Crippen LogP contribution in [0.4, 0.5) is 11.4 Å². The number of aromatic nitrogens is 1. The predicted octanol–water partition coefficient (Wildman–Crippen LogP) is 4.53. The maximum absolute atomic E-state index is 13.0. The molecule has 3 aromatic carbocycles. The maximum Gasteiger partial charge on any atom is 0.269 e. The van der Waals surface area contributed by atoms with E-state index in [1.807, 2.05) is 36.4 Å². The topological polar surface area (TPSA) is 114 Å². The largest absolute Gasteiger partial charge is 0.328 e. The normalized spacial score (nSPS) is 13.7. The molecule has 1 aliphatic rings. The van der Waals surface area contributed by atoms with E-state index in [4.69, 9.17) is 0 Å². The Labute approximate surface area is 217 Å². The van der Waals surface area contributed by atoms with E-state index in [1.165, 1.54) is 40.1 Å². The van der Waals surface area contributed by atoms with E-state index in [0.29, 0.717) is 29.1 Å². The molecule has 5 rings (SSSR count). The van der Waals surface area contributed by atoms with Crippen molar-refractivity contribution in [2.24, 2.45) is 0 Å². The first-order chi connectivity index (χ1) is 18.4. The van der Waals surface area contributed by atoms with Crippen molar-refractivity contribution >= 4 is 46.0 Å². The van der Waals surface area contributed by atoms with Crippen molar-refractivity contribution in [1.82, 2.24) is 9.88 Å². The van der Waals surface area contributed by atoms with E-state index in [9.17, 15) is 24.5 Å². The van der Waals surface area contributed by atoms with Crippen LogP contribution >= 0.6 is 0 Å². The first kappa shape index (κ1) is 24.5. The Morgan fingerprint density at radius 2 is 1.58 bits per heavy atom. The van der Waals surface area contributed by atoms with Crippen LogP contribution in [0.15, 0.2) is 91.0 Å². The van der Waals surface area contributed by atoms with Crippen LogP contribution in [0.2, 0.25) is 0 Å². The average Bonchev–Trinajstić information content (AvgIpc) is 2.95. The van der Waals surface area contributed by atoms with Gasteiger partial charge in [0, 0.05) is 47.4 Å². The van der Waals surface area contributed by atoms with Gasteiger partial charge in [-0.25, -0.2) is 4.98 Å². The number of ketones is 1. The number of hydrogen-bond donors (Lipinski definition) is 0. The summed E-state index contributed by atoms with van der Waals surface area (Å²) < 4.78 is 0. The van der Waals surface area contributed by atoms with Crippen molar-refractivity contribution in [3.8, 4) is 0 Å². The van der Waals surface area contributed by atoms with Gasteiger partial charge in [0.05, 0.1) is 16.1 Å². The van der Waals surface area contributed by atoms with E-state index in [1.54, 1.807) is 30.3 Å². The van der Waals surface area contributed by atoms with Crippen molar-refractivity contribution in [2.45, 2.75) is 0 Å². The van der Waals surface area contributed by atoms with Crippen LogP contribution in [-0.2, 0) is 4.79 Å².